The van der Waals surface area contributed by atoms with Gasteiger partial charge in [-0.2, -0.15) is 0 Å². The van der Waals surface area contributed by atoms with Gasteiger partial charge in [-0.15, -0.1) is 0 Å². The molecule has 4 heteroatoms. The van der Waals surface area contributed by atoms with Crippen molar-refractivity contribution in [1.82, 2.24) is 0 Å². The van der Waals surface area contributed by atoms with Crippen LogP contribution in [0.5, 0.6) is 5.75 Å². The van der Waals surface area contributed by atoms with Crippen LogP contribution in [-0.4, -0.2) is 49.0 Å². The fraction of sp³-hybridized carbons (Fsp3) is 0. The van der Waals surface area contributed by atoms with Gasteiger partial charge in [0.2, 0.25) is 0 Å². The molecule has 11 heavy (non-hydrogen) atoms. The molecule has 0 bridgehead atoms. The zero-order chi connectivity index (χ0) is 7.40. The Hall–Kier alpha value is -0.250. The molecule has 0 aliphatic rings. The van der Waals surface area contributed by atoms with Gasteiger partial charge in [-0.1, -0.05) is 18.2 Å². The SMILES string of the molecule is O=C(O)Oc1ccccc1.[CaH2]. The van der Waals surface area contributed by atoms with E-state index in [9.17, 15) is 4.79 Å². The topological polar surface area (TPSA) is 46.5 Å². The molecule has 1 aromatic rings. The minimum atomic E-state index is -1.29. The Balaban J connectivity index is 0.000001000. The second-order valence-electron chi connectivity index (χ2n) is 1.68. The molecule has 0 unspecified atom stereocenters. The van der Waals surface area contributed by atoms with Crippen LogP contribution in [0, 0.1) is 0 Å². The number of benzene rings is 1. The van der Waals surface area contributed by atoms with E-state index in [4.69, 9.17) is 5.11 Å². The average molecular weight is 180 g/mol. The Labute approximate surface area is 94.0 Å². The van der Waals surface area contributed by atoms with Crippen molar-refractivity contribution < 1.29 is 14.6 Å². The number of hydrogen-bond acceptors (Lipinski definition) is 2. The monoisotopic (exact) mass is 180 g/mol. The fourth-order valence-corrected chi connectivity index (χ4v) is 0.589. The van der Waals surface area contributed by atoms with Crippen LogP contribution in [0.3, 0.4) is 0 Å². The Morgan fingerprint density at radius 3 is 2.27 bits per heavy atom. The van der Waals surface area contributed by atoms with Crippen LogP contribution in [0.1, 0.15) is 0 Å². The first-order valence-electron chi connectivity index (χ1n) is 2.75. The summed E-state index contributed by atoms with van der Waals surface area (Å²) >= 11 is 0. The third-order valence-corrected chi connectivity index (χ3v) is 0.948. The van der Waals surface area contributed by atoms with Gasteiger partial charge in [-0.3, -0.25) is 0 Å². The van der Waals surface area contributed by atoms with E-state index < -0.39 is 6.16 Å². The van der Waals surface area contributed by atoms with Crippen LogP contribution in [-0.2, 0) is 0 Å². The minimum absolute atomic E-state index is 0. The molecule has 0 spiro atoms. The molecular weight excluding hydrogens is 172 g/mol. The Bertz CT molecular complexity index is 222. The first kappa shape index (κ1) is 10.7. The van der Waals surface area contributed by atoms with Crippen LogP contribution < -0.4 is 4.74 Å². The van der Waals surface area contributed by atoms with Crippen molar-refractivity contribution >= 4 is 43.9 Å². The molecule has 0 heterocycles. The molecule has 0 radical (unpaired) electrons. The summed E-state index contributed by atoms with van der Waals surface area (Å²) in [6.07, 6.45) is -1.29. The number of rotatable bonds is 1. The van der Waals surface area contributed by atoms with E-state index in [-0.39, 0.29) is 37.7 Å². The summed E-state index contributed by atoms with van der Waals surface area (Å²) in [5.41, 5.74) is 0. The number of hydrogen-bond donors (Lipinski definition) is 1. The molecule has 0 amide bonds. The molecule has 0 saturated heterocycles. The molecule has 1 rings (SSSR count). The van der Waals surface area contributed by atoms with E-state index in [0.29, 0.717) is 5.75 Å². The maximum absolute atomic E-state index is 9.95. The first-order valence-corrected chi connectivity index (χ1v) is 2.75. The average Bonchev–Trinajstić information content (AvgIpc) is 1.88. The van der Waals surface area contributed by atoms with Crippen molar-refractivity contribution in [2.75, 3.05) is 0 Å². The van der Waals surface area contributed by atoms with E-state index in [1.54, 1.807) is 30.3 Å². The fourth-order valence-electron chi connectivity index (χ4n) is 0.589. The van der Waals surface area contributed by atoms with Crippen LogP contribution in [0.2, 0.25) is 0 Å². The van der Waals surface area contributed by atoms with Crippen molar-refractivity contribution in [1.29, 1.82) is 0 Å². The number of para-hydroxylation sites is 1. The van der Waals surface area contributed by atoms with E-state index in [1.807, 2.05) is 0 Å². The molecule has 0 aliphatic heterocycles. The van der Waals surface area contributed by atoms with Crippen molar-refractivity contribution in [3.63, 3.8) is 0 Å². The van der Waals surface area contributed by atoms with Crippen molar-refractivity contribution in [3.05, 3.63) is 30.3 Å². The van der Waals surface area contributed by atoms with E-state index in [2.05, 4.69) is 4.74 Å². The van der Waals surface area contributed by atoms with Gasteiger partial charge in [0, 0.05) is 0 Å². The first-order chi connectivity index (χ1) is 4.79. The van der Waals surface area contributed by atoms with Gasteiger partial charge in [-0.05, 0) is 12.1 Å². The summed E-state index contributed by atoms with van der Waals surface area (Å²) in [5, 5.41) is 8.14. The molecule has 0 atom stereocenters. The second kappa shape index (κ2) is 5.41. The van der Waals surface area contributed by atoms with Gasteiger partial charge in [-0.25, -0.2) is 4.79 Å². The second-order valence-corrected chi connectivity index (χ2v) is 1.68. The molecule has 1 aromatic carbocycles. The van der Waals surface area contributed by atoms with Gasteiger partial charge in [0.1, 0.15) is 5.75 Å². The van der Waals surface area contributed by atoms with E-state index >= 15 is 0 Å². The predicted octanol–water partition coefficient (Wildman–Crippen LogP) is 0.827. The van der Waals surface area contributed by atoms with Crippen LogP contribution in [0.15, 0.2) is 30.3 Å². The summed E-state index contributed by atoms with van der Waals surface area (Å²) in [7, 11) is 0. The molecular formula is C7H8CaO3. The van der Waals surface area contributed by atoms with E-state index in [0.717, 1.165) is 0 Å². The summed E-state index contributed by atoms with van der Waals surface area (Å²) in [6, 6.07) is 8.35. The molecule has 0 saturated carbocycles. The number of carbonyl (C=O) groups is 1. The Morgan fingerprint density at radius 1 is 1.27 bits per heavy atom. The normalized spacial score (nSPS) is 8.00. The zero-order valence-corrected chi connectivity index (χ0v) is 5.15. The molecule has 0 aromatic heterocycles. The van der Waals surface area contributed by atoms with Crippen LogP contribution in [0.25, 0.3) is 0 Å². The van der Waals surface area contributed by atoms with Crippen molar-refractivity contribution in [3.8, 4) is 5.75 Å². The predicted molar refractivity (Wildman–Crippen MR) is 43.6 cm³/mol. The molecule has 0 fully saturated rings. The summed E-state index contributed by atoms with van der Waals surface area (Å²) in [6.45, 7) is 0. The number of ether oxygens (including phenoxy) is 1. The van der Waals surface area contributed by atoms with E-state index in [1.165, 1.54) is 0 Å². The molecule has 1 N–H and O–H groups in total. The standard InChI is InChI=1S/C7H6O3.Ca.2H/c8-7(9)10-6-4-2-1-3-5-6;;;/h1-5H,(H,8,9);;;. The summed E-state index contributed by atoms with van der Waals surface area (Å²) < 4.78 is 4.33. The summed E-state index contributed by atoms with van der Waals surface area (Å²) in [5.74, 6) is 0.343. The van der Waals surface area contributed by atoms with Crippen molar-refractivity contribution in [2.45, 2.75) is 0 Å². The number of carboxylic acid groups (broad SMARTS) is 1. The molecule has 3 nitrogen and oxygen atoms in total. The third kappa shape index (κ3) is 4.24. The molecule has 56 valence electrons. The Kier molecular flexibility index (Phi) is 5.28. The van der Waals surface area contributed by atoms with Gasteiger partial charge < -0.3 is 9.84 Å². The van der Waals surface area contributed by atoms with Crippen LogP contribution >= 0.6 is 0 Å². The molecule has 0 aliphatic carbocycles. The van der Waals surface area contributed by atoms with Gasteiger partial charge in [0.05, 0.1) is 0 Å². The van der Waals surface area contributed by atoms with Gasteiger partial charge in [0.15, 0.2) is 0 Å². The van der Waals surface area contributed by atoms with Crippen LogP contribution in [0.4, 0.5) is 4.79 Å². The Morgan fingerprint density at radius 2 is 1.82 bits per heavy atom. The quantitative estimate of drug-likeness (QED) is 0.395. The summed E-state index contributed by atoms with van der Waals surface area (Å²) in [4.78, 5) is 9.95. The third-order valence-electron chi connectivity index (χ3n) is 0.948. The maximum atomic E-state index is 9.95. The van der Waals surface area contributed by atoms with Gasteiger partial charge in [0.25, 0.3) is 0 Å². The van der Waals surface area contributed by atoms with Gasteiger partial charge >= 0.3 is 43.9 Å². The van der Waals surface area contributed by atoms with Crippen molar-refractivity contribution in [2.24, 2.45) is 0 Å². The zero-order valence-electron chi connectivity index (χ0n) is 5.15.